The van der Waals surface area contributed by atoms with E-state index in [1.165, 1.54) is 18.4 Å². The summed E-state index contributed by atoms with van der Waals surface area (Å²) in [6, 6.07) is 10.6. The predicted octanol–water partition coefficient (Wildman–Crippen LogP) is 1.10. The number of rotatable bonds is 8. The molecule has 1 saturated heterocycles. The Balaban J connectivity index is 1.38. The van der Waals surface area contributed by atoms with E-state index in [0.717, 1.165) is 45.9 Å². The van der Waals surface area contributed by atoms with Gasteiger partial charge in [0.05, 0.1) is 13.2 Å². The lowest BCUT2D eigenvalue weighted by atomic mass is 9.96. The van der Waals surface area contributed by atoms with E-state index in [9.17, 15) is 4.79 Å². The molecule has 1 aliphatic heterocycles. The van der Waals surface area contributed by atoms with E-state index in [0.29, 0.717) is 6.54 Å². The smallest absolute Gasteiger partial charge is 0.234 e. The van der Waals surface area contributed by atoms with Gasteiger partial charge in [-0.15, -0.1) is 0 Å². The lowest BCUT2D eigenvalue weighted by molar-refractivity contribution is -0.122. The maximum Gasteiger partial charge on any atom is 0.234 e. The van der Waals surface area contributed by atoms with Gasteiger partial charge in [0.2, 0.25) is 5.91 Å². The van der Waals surface area contributed by atoms with Crippen LogP contribution < -0.4 is 5.32 Å². The Morgan fingerprint density at radius 1 is 1.12 bits per heavy atom. The molecule has 1 N–H and O–H groups in total. The Morgan fingerprint density at radius 2 is 1.79 bits per heavy atom. The van der Waals surface area contributed by atoms with E-state index in [1.54, 1.807) is 7.11 Å². The first-order valence-electron chi connectivity index (χ1n) is 8.98. The van der Waals surface area contributed by atoms with Crippen LogP contribution in [0.1, 0.15) is 18.4 Å². The van der Waals surface area contributed by atoms with Gasteiger partial charge in [0.15, 0.2) is 0 Å². The normalized spacial score (nSPS) is 20.7. The molecule has 0 atom stereocenters. The standard InChI is InChI=1S/C19H29N3O2/c1-24-14-13-21-9-11-22(12-10-21)15-18(23)20-16-19(7-8-19)17-5-3-2-4-6-17/h2-6H,7-16H2,1H3,(H,20,23). The molecule has 132 valence electrons. The zero-order valence-electron chi connectivity index (χ0n) is 14.7. The van der Waals surface area contributed by atoms with Crippen molar-refractivity contribution in [2.45, 2.75) is 18.3 Å². The first kappa shape index (κ1) is 17.4. The molecule has 2 aliphatic rings. The SMILES string of the molecule is COCCN1CCN(CC(=O)NCC2(c3ccccc3)CC2)CC1. The van der Waals surface area contributed by atoms with Crippen LogP contribution in [0.5, 0.6) is 0 Å². The maximum atomic E-state index is 12.3. The van der Waals surface area contributed by atoms with Gasteiger partial charge in [0.25, 0.3) is 0 Å². The van der Waals surface area contributed by atoms with Gasteiger partial charge in [-0.1, -0.05) is 30.3 Å². The lowest BCUT2D eigenvalue weighted by Gasteiger charge is -2.34. The molecule has 3 rings (SSSR count). The molecule has 5 heteroatoms. The van der Waals surface area contributed by atoms with Gasteiger partial charge in [-0.05, 0) is 18.4 Å². The van der Waals surface area contributed by atoms with E-state index in [-0.39, 0.29) is 11.3 Å². The highest BCUT2D eigenvalue weighted by molar-refractivity contribution is 5.78. The fourth-order valence-electron chi connectivity index (χ4n) is 3.43. The van der Waals surface area contributed by atoms with Crippen LogP contribution in [0.25, 0.3) is 0 Å². The number of amides is 1. The van der Waals surface area contributed by atoms with Gasteiger partial charge >= 0.3 is 0 Å². The van der Waals surface area contributed by atoms with Crippen molar-refractivity contribution in [3.63, 3.8) is 0 Å². The van der Waals surface area contributed by atoms with Crippen LogP contribution in [0.2, 0.25) is 0 Å². The summed E-state index contributed by atoms with van der Waals surface area (Å²) in [6.45, 7) is 7.00. The first-order valence-corrected chi connectivity index (χ1v) is 8.98. The summed E-state index contributed by atoms with van der Waals surface area (Å²) in [6.07, 6.45) is 2.35. The van der Waals surface area contributed by atoms with Crippen LogP contribution in [-0.2, 0) is 14.9 Å². The van der Waals surface area contributed by atoms with Crippen LogP contribution in [0.15, 0.2) is 30.3 Å². The van der Waals surface area contributed by atoms with Gasteiger partial charge in [-0.25, -0.2) is 0 Å². The number of methoxy groups -OCH3 is 1. The number of benzene rings is 1. The van der Waals surface area contributed by atoms with Crippen molar-refractivity contribution in [1.82, 2.24) is 15.1 Å². The summed E-state index contributed by atoms with van der Waals surface area (Å²) in [5.41, 5.74) is 1.55. The largest absolute Gasteiger partial charge is 0.383 e. The number of carbonyl (C=O) groups excluding carboxylic acids is 1. The first-order chi connectivity index (χ1) is 11.7. The zero-order chi connectivity index (χ0) is 16.8. The molecule has 0 bridgehead atoms. The topological polar surface area (TPSA) is 44.8 Å². The van der Waals surface area contributed by atoms with Crippen molar-refractivity contribution in [3.8, 4) is 0 Å². The van der Waals surface area contributed by atoms with E-state index < -0.39 is 0 Å². The minimum atomic E-state index is 0.155. The fourth-order valence-corrected chi connectivity index (χ4v) is 3.43. The second-order valence-electron chi connectivity index (χ2n) is 7.03. The third-order valence-electron chi connectivity index (χ3n) is 5.31. The van der Waals surface area contributed by atoms with Crippen molar-refractivity contribution < 1.29 is 9.53 Å². The number of nitrogens with zero attached hydrogens (tertiary/aromatic N) is 2. The molecule has 2 fully saturated rings. The summed E-state index contributed by atoms with van der Waals surface area (Å²) in [5.74, 6) is 0.155. The summed E-state index contributed by atoms with van der Waals surface area (Å²) < 4.78 is 5.12. The Morgan fingerprint density at radius 3 is 2.42 bits per heavy atom. The van der Waals surface area contributed by atoms with Crippen LogP contribution in [0, 0.1) is 0 Å². The van der Waals surface area contributed by atoms with Crippen molar-refractivity contribution in [2.75, 3.05) is 59.5 Å². The Kier molecular flexibility index (Phi) is 5.87. The van der Waals surface area contributed by atoms with Crippen LogP contribution in [0.4, 0.5) is 0 Å². The minimum absolute atomic E-state index is 0.155. The number of hydrogen-bond acceptors (Lipinski definition) is 4. The van der Waals surface area contributed by atoms with Crippen molar-refractivity contribution in [2.24, 2.45) is 0 Å². The van der Waals surface area contributed by atoms with Gasteiger partial charge in [0, 0.05) is 51.8 Å². The predicted molar refractivity (Wildman–Crippen MR) is 95.1 cm³/mol. The third kappa shape index (κ3) is 4.56. The maximum absolute atomic E-state index is 12.3. The van der Waals surface area contributed by atoms with Crippen molar-refractivity contribution in [3.05, 3.63) is 35.9 Å². The highest BCUT2D eigenvalue weighted by Crippen LogP contribution is 2.47. The van der Waals surface area contributed by atoms with Crippen LogP contribution in [-0.4, -0.2) is 75.2 Å². The number of piperazine rings is 1. The average molecular weight is 331 g/mol. The van der Waals surface area contributed by atoms with E-state index in [4.69, 9.17) is 4.74 Å². The van der Waals surface area contributed by atoms with E-state index >= 15 is 0 Å². The van der Waals surface area contributed by atoms with Crippen molar-refractivity contribution in [1.29, 1.82) is 0 Å². The molecule has 1 aromatic rings. The second-order valence-corrected chi connectivity index (χ2v) is 7.03. The molecule has 0 spiro atoms. The number of hydrogen-bond donors (Lipinski definition) is 1. The van der Waals surface area contributed by atoms with Crippen LogP contribution >= 0.6 is 0 Å². The van der Waals surface area contributed by atoms with Crippen molar-refractivity contribution >= 4 is 5.91 Å². The average Bonchev–Trinajstić information content (AvgIpc) is 3.41. The molecule has 1 amide bonds. The fraction of sp³-hybridized carbons (Fsp3) is 0.632. The van der Waals surface area contributed by atoms with Gasteiger partial charge in [-0.3, -0.25) is 14.6 Å². The molecular weight excluding hydrogens is 302 g/mol. The minimum Gasteiger partial charge on any atom is -0.383 e. The number of nitrogens with one attached hydrogen (secondary N) is 1. The molecule has 0 radical (unpaired) electrons. The Labute approximate surface area is 145 Å². The molecule has 1 saturated carbocycles. The van der Waals surface area contributed by atoms with Gasteiger partial charge in [-0.2, -0.15) is 0 Å². The van der Waals surface area contributed by atoms with Crippen LogP contribution in [0.3, 0.4) is 0 Å². The quantitative estimate of drug-likeness (QED) is 0.775. The lowest BCUT2D eigenvalue weighted by Crippen LogP contribution is -2.50. The van der Waals surface area contributed by atoms with Gasteiger partial charge < -0.3 is 10.1 Å². The molecule has 0 aromatic heterocycles. The van der Waals surface area contributed by atoms with Gasteiger partial charge in [0.1, 0.15) is 0 Å². The molecular formula is C19H29N3O2. The zero-order valence-corrected chi connectivity index (χ0v) is 14.7. The summed E-state index contributed by atoms with van der Waals surface area (Å²) >= 11 is 0. The van der Waals surface area contributed by atoms with E-state index in [1.807, 2.05) is 6.07 Å². The Hall–Kier alpha value is -1.43. The summed E-state index contributed by atoms with van der Waals surface area (Å²) in [5, 5.41) is 3.16. The summed E-state index contributed by atoms with van der Waals surface area (Å²) in [7, 11) is 1.74. The number of carbonyl (C=O) groups is 1. The molecule has 1 aromatic carbocycles. The molecule has 24 heavy (non-hydrogen) atoms. The molecule has 0 unspecified atom stereocenters. The summed E-state index contributed by atoms with van der Waals surface area (Å²) in [4.78, 5) is 16.9. The molecule has 1 heterocycles. The second kappa shape index (κ2) is 8.10. The molecule has 1 aliphatic carbocycles. The number of ether oxygens (including phenoxy) is 1. The third-order valence-corrected chi connectivity index (χ3v) is 5.31. The molecule has 5 nitrogen and oxygen atoms in total. The highest BCUT2D eigenvalue weighted by atomic mass is 16.5. The Bertz CT molecular complexity index is 523. The highest BCUT2D eigenvalue weighted by Gasteiger charge is 2.44. The monoisotopic (exact) mass is 331 g/mol. The van der Waals surface area contributed by atoms with E-state index in [2.05, 4.69) is 39.4 Å².